The van der Waals surface area contributed by atoms with Crippen LogP contribution in [-0.4, -0.2) is 17.6 Å². The fourth-order valence-corrected chi connectivity index (χ4v) is 2.87. The van der Waals surface area contributed by atoms with Gasteiger partial charge in [-0.25, -0.2) is 0 Å². The number of rotatable bonds is 3. The number of fused-ring (bicyclic) bond motifs is 3. The predicted molar refractivity (Wildman–Crippen MR) is 84.3 cm³/mol. The zero-order valence-electron chi connectivity index (χ0n) is 12.3. The predicted octanol–water partition coefficient (Wildman–Crippen LogP) is 3.39. The fraction of sp³-hybridized carbons (Fsp3) is 0.278. The number of amides is 1. The molecule has 1 aliphatic rings. The summed E-state index contributed by atoms with van der Waals surface area (Å²) in [4.78, 5) is 11.8. The molecule has 1 aliphatic carbocycles. The first kappa shape index (κ1) is 13.8. The van der Waals surface area contributed by atoms with E-state index in [1.165, 1.54) is 5.56 Å². The van der Waals surface area contributed by atoms with Crippen LogP contribution in [0.5, 0.6) is 0 Å². The molecular weight excluding hydrogens is 262 g/mol. The van der Waals surface area contributed by atoms with Crippen molar-refractivity contribution in [3.05, 3.63) is 53.6 Å². The van der Waals surface area contributed by atoms with Gasteiger partial charge in [-0.05, 0) is 34.4 Å². The number of anilines is 1. The molecule has 108 valence electrons. The van der Waals surface area contributed by atoms with Crippen LogP contribution >= 0.6 is 0 Å². The van der Waals surface area contributed by atoms with E-state index in [1.807, 2.05) is 44.2 Å². The highest BCUT2D eigenvalue weighted by Gasteiger charge is 2.28. The van der Waals surface area contributed by atoms with Crippen molar-refractivity contribution in [1.29, 1.82) is 0 Å². The van der Waals surface area contributed by atoms with E-state index in [-0.39, 0.29) is 24.3 Å². The molecule has 0 radical (unpaired) electrons. The lowest BCUT2D eigenvalue weighted by molar-refractivity contribution is -0.118. The van der Waals surface area contributed by atoms with Crippen LogP contribution in [0.3, 0.4) is 0 Å². The third-order valence-electron chi connectivity index (χ3n) is 4.03. The molecule has 0 spiro atoms. The largest absolute Gasteiger partial charge is 0.395 e. The van der Waals surface area contributed by atoms with Gasteiger partial charge >= 0.3 is 0 Å². The van der Waals surface area contributed by atoms with Crippen molar-refractivity contribution < 1.29 is 9.90 Å². The van der Waals surface area contributed by atoms with Gasteiger partial charge in [0.15, 0.2) is 0 Å². The first-order valence-electron chi connectivity index (χ1n) is 7.26. The molecule has 0 fully saturated rings. The van der Waals surface area contributed by atoms with Crippen molar-refractivity contribution in [2.24, 2.45) is 5.92 Å². The van der Waals surface area contributed by atoms with Gasteiger partial charge in [0.05, 0.1) is 6.61 Å². The zero-order chi connectivity index (χ0) is 15.0. The Morgan fingerprint density at radius 3 is 2.57 bits per heavy atom. The molecule has 21 heavy (non-hydrogen) atoms. The molecule has 3 rings (SSSR count). The van der Waals surface area contributed by atoms with Crippen LogP contribution in [0.25, 0.3) is 11.1 Å². The van der Waals surface area contributed by atoms with Gasteiger partial charge in [0.2, 0.25) is 5.91 Å². The van der Waals surface area contributed by atoms with Crippen LogP contribution in [0.1, 0.15) is 30.9 Å². The van der Waals surface area contributed by atoms with Gasteiger partial charge in [-0.2, -0.15) is 0 Å². The molecular formula is C18H19NO2. The van der Waals surface area contributed by atoms with Crippen molar-refractivity contribution in [1.82, 2.24) is 0 Å². The second kappa shape index (κ2) is 5.34. The van der Waals surface area contributed by atoms with E-state index in [0.717, 1.165) is 22.4 Å². The fourth-order valence-electron chi connectivity index (χ4n) is 2.87. The van der Waals surface area contributed by atoms with E-state index in [2.05, 4.69) is 17.4 Å². The van der Waals surface area contributed by atoms with Gasteiger partial charge in [-0.15, -0.1) is 0 Å². The summed E-state index contributed by atoms with van der Waals surface area (Å²) in [6.45, 7) is 3.82. The second-order valence-electron chi connectivity index (χ2n) is 5.77. The smallest absolute Gasteiger partial charge is 0.226 e. The average Bonchev–Trinajstić information content (AvgIpc) is 2.80. The van der Waals surface area contributed by atoms with Crippen molar-refractivity contribution in [3.63, 3.8) is 0 Å². The van der Waals surface area contributed by atoms with Crippen LogP contribution in [0, 0.1) is 5.92 Å². The van der Waals surface area contributed by atoms with E-state index in [1.54, 1.807) is 0 Å². The summed E-state index contributed by atoms with van der Waals surface area (Å²) in [7, 11) is 0. The van der Waals surface area contributed by atoms with Crippen LogP contribution in [-0.2, 0) is 4.79 Å². The minimum absolute atomic E-state index is 0.00556. The standard InChI is InChI=1S/C18H19NO2/c1-11(2)18(21)19-12-7-8-15-13-5-3-4-6-14(13)17(10-20)16(15)9-12/h3-9,11,17,20H,10H2,1-2H3,(H,19,21). The molecule has 0 aromatic heterocycles. The molecule has 0 saturated heterocycles. The van der Waals surface area contributed by atoms with E-state index < -0.39 is 0 Å². The number of nitrogens with one attached hydrogen (secondary N) is 1. The molecule has 1 atom stereocenters. The number of aliphatic hydroxyl groups is 1. The Morgan fingerprint density at radius 1 is 1.14 bits per heavy atom. The molecule has 2 aromatic carbocycles. The zero-order valence-corrected chi connectivity index (χ0v) is 12.3. The Morgan fingerprint density at radius 2 is 1.86 bits per heavy atom. The van der Waals surface area contributed by atoms with Gasteiger partial charge in [0, 0.05) is 17.5 Å². The van der Waals surface area contributed by atoms with Crippen LogP contribution in [0.4, 0.5) is 5.69 Å². The van der Waals surface area contributed by atoms with Crippen molar-refractivity contribution in [3.8, 4) is 11.1 Å². The molecule has 0 saturated carbocycles. The summed E-state index contributed by atoms with van der Waals surface area (Å²) in [5.41, 5.74) is 5.35. The molecule has 0 heterocycles. The molecule has 0 aliphatic heterocycles. The van der Waals surface area contributed by atoms with Gasteiger partial charge in [-0.3, -0.25) is 4.79 Å². The minimum Gasteiger partial charge on any atom is -0.395 e. The van der Waals surface area contributed by atoms with Crippen molar-refractivity contribution >= 4 is 11.6 Å². The molecule has 2 N–H and O–H groups in total. The van der Waals surface area contributed by atoms with Gasteiger partial charge < -0.3 is 10.4 Å². The number of benzene rings is 2. The lowest BCUT2D eigenvalue weighted by atomic mass is 9.98. The normalized spacial score (nSPS) is 15.7. The maximum Gasteiger partial charge on any atom is 0.226 e. The molecule has 0 bridgehead atoms. The van der Waals surface area contributed by atoms with Crippen LogP contribution in [0.15, 0.2) is 42.5 Å². The van der Waals surface area contributed by atoms with Crippen LogP contribution in [0.2, 0.25) is 0 Å². The van der Waals surface area contributed by atoms with Gasteiger partial charge in [0.1, 0.15) is 0 Å². The Bertz CT molecular complexity index is 691. The molecule has 1 amide bonds. The number of hydrogen-bond acceptors (Lipinski definition) is 2. The Hall–Kier alpha value is -2.13. The Kier molecular flexibility index (Phi) is 3.52. The van der Waals surface area contributed by atoms with E-state index in [4.69, 9.17) is 0 Å². The molecule has 2 aromatic rings. The monoisotopic (exact) mass is 281 g/mol. The summed E-state index contributed by atoms with van der Waals surface area (Å²) >= 11 is 0. The quantitative estimate of drug-likeness (QED) is 0.906. The highest BCUT2D eigenvalue weighted by atomic mass is 16.3. The maximum atomic E-state index is 11.8. The number of hydrogen-bond donors (Lipinski definition) is 2. The van der Waals surface area contributed by atoms with Crippen molar-refractivity contribution in [2.45, 2.75) is 19.8 Å². The second-order valence-corrected chi connectivity index (χ2v) is 5.77. The summed E-state index contributed by atoms with van der Waals surface area (Å²) < 4.78 is 0. The molecule has 3 heteroatoms. The minimum atomic E-state index is -0.0518. The third-order valence-corrected chi connectivity index (χ3v) is 4.03. The van der Waals surface area contributed by atoms with Gasteiger partial charge in [0.25, 0.3) is 0 Å². The van der Waals surface area contributed by atoms with Crippen molar-refractivity contribution in [2.75, 3.05) is 11.9 Å². The average molecular weight is 281 g/mol. The number of carbonyl (C=O) groups is 1. The number of aliphatic hydroxyl groups excluding tert-OH is 1. The summed E-state index contributed by atoms with van der Waals surface area (Å²) in [5, 5.41) is 12.7. The molecule has 3 nitrogen and oxygen atoms in total. The summed E-state index contributed by atoms with van der Waals surface area (Å²) in [6, 6.07) is 14.1. The highest BCUT2D eigenvalue weighted by molar-refractivity contribution is 5.93. The lowest BCUT2D eigenvalue weighted by Gasteiger charge is -2.12. The first-order chi connectivity index (χ1) is 10.1. The van der Waals surface area contributed by atoms with E-state index in [0.29, 0.717) is 0 Å². The van der Waals surface area contributed by atoms with E-state index >= 15 is 0 Å². The third kappa shape index (κ3) is 2.34. The maximum absolute atomic E-state index is 11.8. The first-order valence-corrected chi connectivity index (χ1v) is 7.26. The highest BCUT2D eigenvalue weighted by Crippen LogP contribution is 2.45. The van der Waals surface area contributed by atoms with Gasteiger partial charge in [-0.1, -0.05) is 44.2 Å². The SMILES string of the molecule is CC(C)C(=O)Nc1ccc2c(c1)C(CO)c1ccccc1-2. The topological polar surface area (TPSA) is 49.3 Å². The van der Waals surface area contributed by atoms with E-state index in [9.17, 15) is 9.90 Å². The summed E-state index contributed by atoms with van der Waals surface area (Å²) in [6.07, 6.45) is 0. The lowest BCUT2D eigenvalue weighted by Crippen LogP contribution is -2.17. The Labute approximate surface area is 124 Å². The summed E-state index contributed by atoms with van der Waals surface area (Å²) in [5.74, 6) is -0.0535. The molecule has 1 unspecified atom stereocenters. The van der Waals surface area contributed by atoms with Crippen LogP contribution < -0.4 is 5.32 Å². The number of carbonyl (C=O) groups excluding carboxylic acids is 1. The Balaban J connectivity index is 2.01.